The summed E-state index contributed by atoms with van der Waals surface area (Å²) in [5.41, 5.74) is 2.32. The number of rotatable bonds is 11. The number of hydrogen-bond donors (Lipinski definition) is 1. The van der Waals surface area contributed by atoms with Crippen molar-refractivity contribution in [3.63, 3.8) is 0 Å². The molecule has 0 aliphatic carbocycles. The maximum absolute atomic E-state index is 12.6. The second kappa shape index (κ2) is 10.6. The molecule has 3 aromatic rings. The zero-order valence-corrected chi connectivity index (χ0v) is 19.5. The van der Waals surface area contributed by atoms with Crippen molar-refractivity contribution < 1.29 is 31.9 Å². The van der Waals surface area contributed by atoms with E-state index in [0.717, 1.165) is 11.4 Å². The van der Waals surface area contributed by atoms with Crippen LogP contribution in [0, 0.1) is 13.8 Å². The molecular formula is C23H26N2O7S. The van der Waals surface area contributed by atoms with Crippen molar-refractivity contribution in [3.8, 4) is 0 Å². The molecule has 2 aromatic heterocycles. The topological polar surface area (TPSA) is 117 Å². The third kappa shape index (κ3) is 5.98. The number of ketones is 1. The van der Waals surface area contributed by atoms with Crippen molar-refractivity contribution in [3.05, 3.63) is 77.0 Å². The van der Waals surface area contributed by atoms with Gasteiger partial charge in [-0.25, -0.2) is 17.9 Å². The van der Waals surface area contributed by atoms with E-state index >= 15 is 0 Å². The number of benzene rings is 1. The minimum Gasteiger partial charge on any atom is -0.468 e. The molecule has 0 bridgehead atoms. The van der Waals surface area contributed by atoms with Crippen molar-refractivity contribution in [2.45, 2.75) is 31.8 Å². The van der Waals surface area contributed by atoms with Gasteiger partial charge in [0.2, 0.25) is 15.8 Å². The molecular weight excluding hydrogens is 448 g/mol. The molecule has 0 radical (unpaired) electrons. The van der Waals surface area contributed by atoms with Crippen molar-refractivity contribution in [2.75, 3.05) is 20.3 Å². The number of aryl methyl sites for hydroxylation is 1. The summed E-state index contributed by atoms with van der Waals surface area (Å²) in [6, 6.07) is 10.3. The largest absolute Gasteiger partial charge is 0.468 e. The van der Waals surface area contributed by atoms with Crippen molar-refractivity contribution in [1.82, 2.24) is 9.29 Å². The molecule has 10 heteroatoms. The monoisotopic (exact) mass is 474 g/mol. The molecule has 33 heavy (non-hydrogen) atoms. The number of carbonyl (C=O) groups excluding carboxylic acids is 2. The normalized spacial score (nSPS) is 11.5. The molecule has 0 amide bonds. The van der Waals surface area contributed by atoms with Crippen LogP contribution in [0.3, 0.4) is 0 Å². The first-order chi connectivity index (χ1) is 15.7. The minimum atomic E-state index is -3.78. The van der Waals surface area contributed by atoms with Crippen LogP contribution in [0.2, 0.25) is 0 Å². The summed E-state index contributed by atoms with van der Waals surface area (Å²) in [5, 5.41) is 0. The highest BCUT2D eigenvalue weighted by Crippen LogP contribution is 2.17. The Bertz CT molecular complexity index is 1210. The highest BCUT2D eigenvalue weighted by atomic mass is 32.2. The number of aromatic nitrogens is 1. The number of ether oxygens (including phenoxy) is 2. The molecule has 0 aliphatic rings. The van der Waals surface area contributed by atoms with Crippen LogP contribution in [0.25, 0.3) is 0 Å². The molecule has 0 fully saturated rings. The Morgan fingerprint density at radius 2 is 1.85 bits per heavy atom. The van der Waals surface area contributed by atoms with Gasteiger partial charge in [-0.2, -0.15) is 0 Å². The second-order valence-corrected chi connectivity index (χ2v) is 9.12. The summed E-state index contributed by atoms with van der Waals surface area (Å²) < 4.78 is 44.5. The number of sulfonamides is 1. The van der Waals surface area contributed by atoms with Gasteiger partial charge in [-0.3, -0.25) is 4.79 Å². The second-order valence-electron chi connectivity index (χ2n) is 7.36. The lowest BCUT2D eigenvalue weighted by atomic mass is 10.1. The van der Waals surface area contributed by atoms with E-state index in [0.29, 0.717) is 24.5 Å². The van der Waals surface area contributed by atoms with E-state index < -0.39 is 22.6 Å². The van der Waals surface area contributed by atoms with Crippen LogP contribution in [0.5, 0.6) is 0 Å². The molecule has 0 saturated heterocycles. The Hall–Kier alpha value is -3.21. The van der Waals surface area contributed by atoms with E-state index in [1.807, 2.05) is 18.4 Å². The first-order valence-corrected chi connectivity index (χ1v) is 11.7. The molecule has 0 saturated carbocycles. The fourth-order valence-corrected chi connectivity index (χ4v) is 4.33. The molecule has 0 aliphatic heterocycles. The Balaban J connectivity index is 1.59. The third-order valence-corrected chi connectivity index (χ3v) is 6.56. The smallest absolute Gasteiger partial charge is 0.338 e. The summed E-state index contributed by atoms with van der Waals surface area (Å²) in [4.78, 5) is 24.9. The van der Waals surface area contributed by atoms with Crippen LogP contribution < -0.4 is 4.72 Å². The number of carbonyl (C=O) groups is 2. The molecule has 0 spiro atoms. The van der Waals surface area contributed by atoms with E-state index in [1.54, 1.807) is 25.3 Å². The number of methoxy groups -OCH3 is 1. The zero-order chi connectivity index (χ0) is 24.0. The highest BCUT2D eigenvalue weighted by Gasteiger charge is 2.19. The average Bonchev–Trinajstić information content (AvgIpc) is 3.42. The quantitative estimate of drug-likeness (QED) is 0.335. The Morgan fingerprint density at radius 3 is 2.48 bits per heavy atom. The van der Waals surface area contributed by atoms with Crippen LogP contribution >= 0.6 is 0 Å². The first kappa shape index (κ1) is 24.4. The number of esters is 1. The summed E-state index contributed by atoms with van der Waals surface area (Å²) in [5.74, 6) is -0.562. The van der Waals surface area contributed by atoms with E-state index in [9.17, 15) is 18.0 Å². The molecule has 1 N–H and O–H groups in total. The molecule has 1 aromatic carbocycles. The molecule has 176 valence electrons. The van der Waals surface area contributed by atoms with Crippen LogP contribution in [-0.4, -0.2) is 45.1 Å². The summed E-state index contributed by atoms with van der Waals surface area (Å²) in [6.45, 7) is 4.45. The maximum atomic E-state index is 12.6. The molecule has 3 rings (SSSR count). The number of hydrogen-bond acceptors (Lipinski definition) is 7. The zero-order valence-electron chi connectivity index (χ0n) is 18.7. The van der Waals surface area contributed by atoms with Crippen molar-refractivity contribution in [2.24, 2.45) is 0 Å². The SMILES string of the molecule is COCCn1c(C)cc(C(=O)COC(=O)c2ccc(S(=O)(=O)NCc3ccco3)cc2)c1C. The van der Waals surface area contributed by atoms with E-state index in [4.69, 9.17) is 13.9 Å². The Labute approximate surface area is 192 Å². The lowest BCUT2D eigenvalue weighted by Crippen LogP contribution is -2.23. The lowest BCUT2D eigenvalue weighted by molar-refractivity contribution is 0.0474. The van der Waals surface area contributed by atoms with Gasteiger partial charge < -0.3 is 18.5 Å². The summed E-state index contributed by atoms with van der Waals surface area (Å²) in [6.07, 6.45) is 1.45. The van der Waals surface area contributed by atoms with E-state index in [-0.39, 0.29) is 22.8 Å². The van der Waals surface area contributed by atoms with Crippen LogP contribution in [0.15, 0.2) is 58.0 Å². The predicted octanol–water partition coefficient (Wildman–Crippen LogP) is 2.86. The van der Waals surface area contributed by atoms with Gasteiger partial charge in [-0.1, -0.05) is 0 Å². The average molecular weight is 475 g/mol. The maximum Gasteiger partial charge on any atom is 0.338 e. The highest BCUT2D eigenvalue weighted by molar-refractivity contribution is 7.89. The number of Topliss-reactive ketones (excluding diaryl/α,β-unsaturated/α-hetero) is 1. The third-order valence-electron chi connectivity index (χ3n) is 5.14. The molecule has 0 atom stereocenters. The van der Waals surface area contributed by atoms with Gasteiger partial charge in [0.1, 0.15) is 5.76 Å². The van der Waals surface area contributed by atoms with Crippen LogP contribution in [0.4, 0.5) is 0 Å². The van der Waals surface area contributed by atoms with Crippen LogP contribution in [0.1, 0.15) is 37.9 Å². The molecule has 9 nitrogen and oxygen atoms in total. The van der Waals surface area contributed by atoms with Gasteiger partial charge in [0, 0.05) is 30.6 Å². The van der Waals surface area contributed by atoms with Gasteiger partial charge in [0.25, 0.3) is 0 Å². The van der Waals surface area contributed by atoms with Crippen molar-refractivity contribution >= 4 is 21.8 Å². The van der Waals surface area contributed by atoms with Gasteiger partial charge in [0.05, 0.1) is 29.9 Å². The van der Waals surface area contributed by atoms with Crippen molar-refractivity contribution in [1.29, 1.82) is 0 Å². The van der Waals surface area contributed by atoms with E-state index in [2.05, 4.69) is 4.72 Å². The van der Waals surface area contributed by atoms with Gasteiger partial charge in [-0.15, -0.1) is 0 Å². The Morgan fingerprint density at radius 1 is 1.12 bits per heavy atom. The van der Waals surface area contributed by atoms with Gasteiger partial charge >= 0.3 is 5.97 Å². The number of nitrogens with one attached hydrogen (secondary N) is 1. The molecule has 2 heterocycles. The van der Waals surface area contributed by atoms with Gasteiger partial charge in [0.15, 0.2) is 6.61 Å². The number of nitrogens with zero attached hydrogens (tertiary/aromatic N) is 1. The predicted molar refractivity (Wildman–Crippen MR) is 120 cm³/mol. The van der Waals surface area contributed by atoms with Gasteiger partial charge in [-0.05, 0) is 56.3 Å². The van der Waals surface area contributed by atoms with Crippen LogP contribution in [-0.2, 0) is 32.6 Å². The first-order valence-electron chi connectivity index (χ1n) is 10.2. The van der Waals surface area contributed by atoms with E-state index in [1.165, 1.54) is 30.5 Å². The standard InChI is InChI=1S/C23H26N2O7S/c1-16-13-21(17(2)25(16)10-12-30-3)22(26)15-32-23(27)18-6-8-20(9-7-18)33(28,29)24-14-19-5-4-11-31-19/h4-9,11,13,24H,10,12,14-15H2,1-3H3. The fraction of sp³-hybridized carbons (Fsp3) is 0.304. The summed E-state index contributed by atoms with van der Waals surface area (Å²) in [7, 11) is -2.17. The Kier molecular flexibility index (Phi) is 7.85. The molecule has 0 unspecified atom stereocenters. The minimum absolute atomic E-state index is 0.00727. The summed E-state index contributed by atoms with van der Waals surface area (Å²) >= 11 is 0. The fourth-order valence-electron chi connectivity index (χ4n) is 3.34. The number of furan rings is 1. The lowest BCUT2D eigenvalue weighted by Gasteiger charge is -2.09.